The highest BCUT2D eigenvalue weighted by molar-refractivity contribution is 7.07. The first kappa shape index (κ1) is 17.9. The number of aryl methyl sites for hydroxylation is 1. The molecule has 0 spiro atoms. The fourth-order valence-electron chi connectivity index (χ4n) is 1.89. The summed E-state index contributed by atoms with van der Waals surface area (Å²) in [5, 5.41) is 10.4. The van der Waals surface area contributed by atoms with Gasteiger partial charge in [0.25, 0.3) is 0 Å². The van der Waals surface area contributed by atoms with Gasteiger partial charge < -0.3 is 9.64 Å². The summed E-state index contributed by atoms with van der Waals surface area (Å²) in [6.45, 7) is 3.26. The van der Waals surface area contributed by atoms with Crippen LogP contribution in [0.25, 0.3) is 0 Å². The molecule has 1 aromatic rings. The molecule has 0 unspecified atom stereocenters. The predicted molar refractivity (Wildman–Crippen MR) is 83.0 cm³/mol. The summed E-state index contributed by atoms with van der Waals surface area (Å²) in [5.74, 6) is -0.719. The van der Waals surface area contributed by atoms with E-state index in [0.717, 1.165) is 5.69 Å². The quantitative estimate of drug-likeness (QED) is 0.512. The second kappa shape index (κ2) is 9.68. The van der Waals surface area contributed by atoms with Crippen LogP contribution in [-0.2, 0) is 20.7 Å². The van der Waals surface area contributed by atoms with E-state index < -0.39 is 12.0 Å². The third-order valence-corrected chi connectivity index (χ3v) is 3.77. The number of thiazole rings is 1. The Kier molecular flexibility index (Phi) is 7.86. The molecule has 0 aliphatic rings. The number of nitrogens with zero attached hydrogens (tertiary/aromatic N) is 3. The monoisotopic (exact) mass is 321 g/mol. The molecule has 1 amide bonds. The number of aromatic nitrogens is 1. The van der Waals surface area contributed by atoms with Crippen LogP contribution in [0.3, 0.4) is 0 Å². The smallest absolute Gasteiger partial charge is 0.329 e. The van der Waals surface area contributed by atoms with Crippen molar-refractivity contribution in [1.29, 1.82) is 5.26 Å². The number of amides is 1. The number of nitriles is 1. The van der Waals surface area contributed by atoms with Gasteiger partial charge in [0, 0.05) is 18.8 Å². The average Bonchev–Trinajstić information content (AvgIpc) is 3.03. The molecule has 0 aromatic carbocycles. The number of likely N-dealkylation sites (N-methyl/N-ethyl adjacent to an activating group) is 1. The van der Waals surface area contributed by atoms with Gasteiger partial charge in [0.15, 0.2) is 6.61 Å². The number of rotatable bonds is 9. The Morgan fingerprint density at radius 2 is 2.41 bits per heavy atom. The summed E-state index contributed by atoms with van der Waals surface area (Å²) in [6, 6.07) is 1.04. The van der Waals surface area contributed by atoms with Crippen molar-refractivity contribution in [3.63, 3.8) is 0 Å². The second-order valence-electron chi connectivity index (χ2n) is 4.63. The maximum absolute atomic E-state index is 12.1. The molecule has 0 aliphatic heterocycles. The Labute approximate surface area is 134 Å². The lowest BCUT2D eigenvalue weighted by Crippen LogP contribution is -2.43. The van der Waals surface area contributed by atoms with E-state index >= 15 is 0 Å². The first-order valence-corrected chi connectivity index (χ1v) is 7.81. The SMILES string of the molecule is C=CCCC(=O)N(C)[C@@H](CCc1cscn1)C(=O)OCC#N. The van der Waals surface area contributed by atoms with Crippen molar-refractivity contribution in [2.45, 2.75) is 31.7 Å². The highest BCUT2D eigenvalue weighted by Gasteiger charge is 2.27. The molecule has 0 radical (unpaired) electrons. The van der Waals surface area contributed by atoms with Gasteiger partial charge in [-0.05, 0) is 19.3 Å². The molecule has 6 nitrogen and oxygen atoms in total. The highest BCUT2D eigenvalue weighted by Crippen LogP contribution is 2.13. The van der Waals surface area contributed by atoms with Gasteiger partial charge in [-0.25, -0.2) is 9.78 Å². The van der Waals surface area contributed by atoms with Gasteiger partial charge in [0.2, 0.25) is 5.91 Å². The lowest BCUT2D eigenvalue weighted by molar-refractivity contribution is -0.153. The number of allylic oxidation sites excluding steroid dienone is 1. The maximum Gasteiger partial charge on any atom is 0.329 e. The third-order valence-electron chi connectivity index (χ3n) is 3.13. The molecule has 22 heavy (non-hydrogen) atoms. The van der Waals surface area contributed by atoms with E-state index in [1.165, 1.54) is 16.2 Å². The molecule has 1 aromatic heterocycles. The van der Waals surface area contributed by atoms with Crippen LogP contribution in [0, 0.1) is 11.3 Å². The van der Waals surface area contributed by atoms with Crippen molar-refractivity contribution in [3.05, 3.63) is 29.2 Å². The molecule has 0 aliphatic carbocycles. The zero-order chi connectivity index (χ0) is 16.4. The van der Waals surface area contributed by atoms with Gasteiger partial charge in [0.05, 0.1) is 11.2 Å². The van der Waals surface area contributed by atoms with E-state index in [4.69, 9.17) is 10.00 Å². The van der Waals surface area contributed by atoms with Crippen LogP contribution in [0.15, 0.2) is 23.5 Å². The van der Waals surface area contributed by atoms with Crippen molar-refractivity contribution in [2.75, 3.05) is 13.7 Å². The van der Waals surface area contributed by atoms with Crippen LogP contribution < -0.4 is 0 Å². The minimum absolute atomic E-state index is 0.155. The standard InChI is InChI=1S/C15H19N3O3S/c1-3-4-5-14(19)18(2)13(15(20)21-9-8-16)7-6-12-10-22-11-17-12/h3,10-11,13H,1,4-7,9H2,2H3/t13-/m0/s1. The third kappa shape index (κ3) is 5.66. The number of carbonyl (C=O) groups is 2. The van der Waals surface area contributed by atoms with Gasteiger partial charge >= 0.3 is 5.97 Å². The summed E-state index contributed by atoms with van der Waals surface area (Å²) < 4.78 is 4.87. The van der Waals surface area contributed by atoms with Crippen molar-refractivity contribution in [2.24, 2.45) is 0 Å². The Hall–Kier alpha value is -2.20. The summed E-state index contributed by atoms with van der Waals surface area (Å²) in [4.78, 5) is 29.7. The number of ether oxygens (including phenoxy) is 1. The summed E-state index contributed by atoms with van der Waals surface area (Å²) in [6.07, 6.45) is 3.47. The lowest BCUT2D eigenvalue weighted by Gasteiger charge is -2.26. The molecule has 0 N–H and O–H groups in total. The molecule has 0 saturated heterocycles. The molecule has 1 heterocycles. The molecule has 0 saturated carbocycles. The molecular formula is C15H19N3O3S. The molecular weight excluding hydrogens is 302 g/mol. The second-order valence-corrected chi connectivity index (χ2v) is 5.35. The van der Waals surface area contributed by atoms with E-state index in [9.17, 15) is 9.59 Å². The average molecular weight is 321 g/mol. The Morgan fingerprint density at radius 3 is 3.00 bits per heavy atom. The van der Waals surface area contributed by atoms with E-state index in [1.807, 2.05) is 5.38 Å². The maximum atomic E-state index is 12.1. The largest absolute Gasteiger partial charge is 0.449 e. The van der Waals surface area contributed by atoms with E-state index in [1.54, 1.807) is 24.7 Å². The van der Waals surface area contributed by atoms with Crippen LogP contribution in [0.4, 0.5) is 0 Å². The first-order valence-electron chi connectivity index (χ1n) is 6.87. The summed E-state index contributed by atoms with van der Waals surface area (Å²) in [5.41, 5.74) is 2.59. The molecule has 0 fully saturated rings. The Bertz CT molecular complexity index is 537. The lowest BCUT2D eigenvalue weighted by atomic mass is 10.1. The molecule has 0 bridgehead atoms. The van der Waals surface area contributed by atoms with Crippen molar-refractivity contribution in [3.8, 4) is 6.07 Å². The summed E-state index contributed by atoms with van der Waals surface area (Å²) in [7, 11) is 1.57. The highest BCUT2D eigenvalue weighted by atomic mass is 32.1. The predicted octanol–water partition coefficient (Wildman–Crippen LogP) is 1.94. The normalized spacial score (nSPS) is 11.3. The molecule has 1 rings (SSSR count). The number of hydrogen-bond donors (Lipinski definition) is 0. The number of carbonyl (C=O) groups excluding carboxylic acids is 2. The number of esters is 1. The minimum atomic E-state index is -0.715. The van der Waals surface area contributed by atoms with E-state index in [-0.39, 0.29) is 12.5 Å². The van der Waals surface area contributed by atoms with Crippen LogP contribution in [0.5, 0.6) is 0 Å². The van der Waals surface area contributed by atoms with Crippen LogP contribution >= 0.6 is 11.3 Å². The minimum Gasteiger partial charge on any atom is -0.449 e. The fraction of sp³-hybridized carbons (Fsp3) is 0.467. The molecule has 118 valence electrons. The fourth-order valence-corrected chi connectivity index (χ4v) is 2.48. The summed E-state index contributed by atoms with van der Waals surface area (Å²) >= 11 is 1.48. The van der Waals surface area contributed by atoms with Crippen molar-refractivity contribution in [1.82, 2.24) is 9.88 Å². The number of hydrogen-bond acceptors (Lipinski definition) is 6. The van der Waals surface area contributed by atoms with Gasteiger partial charge in [-0.15, -0.1) is 17.9 Å². The van der Waals surface area contributed by atoms with Crippen LogP contribution in [0.2, 0.25) is 0 Å². The van der Waals surface area contributed by atoms with Crippen molar-refractivity contribution < 1.29 is 14.3 Å². The van der Waals surface area contributed by atoms with Gasteiger partial charge in [-0.2, -0.15) is 5.26 Å². The first-order chi connectivity index (χ1) is 10.6. The van der Waals surface area contributed by atoms with Gasteiger partial charge in [0.1, 0.15) is 12.1 Å². The van der Waals surface area contributed by atoms with Crippen LogP contribution in [-0.4, -0.2) is 41.5 Å². The van der Waals surface area contributed by atoms with Gasteiger partial charge in [-0.1, -0.05) is 6.08 Å². The topological polar surface area (TPSA) is 83.3 Å². The Balaban J connectivity index is 2.71. The Morgan fingerprint density at radius 1 is 1.64 bits per heavy atom. The van der Waals surface area contributed by atoms with Crippen molar-refractivity contribution >= 4 is 23.2 Å². The zero-order valence-corrected chi connectivity index (χ0v) is 13.3. The van der Waals surface area contributed by atoms with Gasteiger partial charge in [-0.3, -0.25) is 4.79 Å². The molecule has 7 heteroatoms. The van der Waals surface area contributed by atoms with E-state index in [0.29, 0.717) is 25.7 Å². The zero-order valence-electron chi connectivity index (χ0n) is 12.5. The van der Waals surface area contributed by atoms with E-state index in [2.05, 4.69) is 11.6 Å². The van der Waals surface area contributed by atoms with Crippen LogP contribution in [0.1, 0.15) is 25.0 Å². The molecule has 1 atom stereocenters.